The zero-order chi connectivity index (χ0) is 15.6. The zero-order valence-corrected chi connectivity index (χ0v) is 13.2. The molecule has 0 radical (unpaired) electrons. The predicted molar refractivity (Wildman–Crippen MR) is 77.8 cm³/mol. The quantitative estimate of drug-likeness (QED) is 0.544. The van der Waals surface area contributed by atoms with Crippen LogP contribution < -0.4 is 0 Å². The van der Waals surface area contributed by atoms with Gasteiger partial charge in [-0.05, 0) is 39.0 Å². The average Bonchev–Trinajstić information content (AvgIpc) is 2.84. The van der Waals surface area contributed by atoms with Gasteiger partial charge < -0.3 is 19.3 Å². The summed E-state index contributed by atoms with van der Waals surface area (Å²) in [6.45, 7) is 5.37. The van der Waals surface area contributed by atoms with E-state index in [1.807, 2.05) is 13.8 Å². The smallest absolute Gasteiger partial charge is 0.310 e. The van der Waals surface area contributed by atoms with E-state index in [0.717, 1.165) is 6.42 Å². The average molecular weight is 308 g/mol. The van der Waals surface area contributed by atoms with Gasteiger partial charge in [0.2, 0.25) is 0 Å². The number of allylic oxidation sites excluding steroid dienone is 2. The number of fused-ring (bicyclic) bond motifs is 1. The van der Waals surface area contributed by atoms with E-state index in [4.69, 9.17) is 14.2 Å². The number of cyclic esters (lactones) is 1. The molecule has 3 fully saturated rings. The molecule has 22 heavy (non-hydrogen) atoms. The number of hydrogen-bond donors (Lipinski definition) is 1. The van der Waals surface area contributed by atoms with E-state index in [9.17, 15) is 9.90 Å². The van der Waals surface area contributed by atoms with Gasteiger partial charge in [0.15, 0.2) is 5.79 Å². The molecule has 4 aliphatic rings. The second-order valence-corrected chi connectivity index (χ2v) is 7.81. The fourth-order valence-electron chi connectivity index (χ4n) is 4.97. The molecule has 122 valence electrons. The van der Waals surface area contributed by atoms with Crippen LogP contribution in [0.5, 0.6) is 0 Å². The Morgan fingerprint density at radius 3 is 2.68 bits per heavy atom. The van der Waals surface area contributed by atoms with Crippen LogP contribution in [-0.2, 0) is 19.0 Å². The van der Waals surface area contributed by atoms with Gasteiger partial charge in [0.05, 0.1) is 30.7 Å². The lowest BCUT2D eigenvalue weighted by Crippen LogP contribution is -2.63. The summed E-state index contributed by atoms with van der Waals surface area (Å²) >= 11 is 0. The molecule has 0 aromatic carbocycles. The number of carbonyl (C=O) groups excluding carboxylic acids is 1. The third-order valence-electron chi connectivity index (χ3n) is 6.29. The van der Waals surface area contributed by atoms with Gasteiger partial charge in [0.1, 0.15) is 6.61 Å². The minimum Gasteiger partial charge on any atom is -0.465 e. The maximum atomic E-state index is 12.1. The van der Waals surface area contributed by atoms with E-state index in [0.29, 0.717) is 32.7 Å². The molecule has 0 bridgehead atoms. The number of aliphatic hydroxyl groups is 1. The third-order valence-corrected chi connectivity index (χ3v) is 6.29. The van der Waals surface area contributed by atoms with Gasteiger partial charge in [-0.25, -0.2) is 0 Å². The fraction of sp³-hybridized carbons (Fsp3) is 0.824. The van der Waals surface area contributed by atoms with Crippen LogP contribution in [0.15, 0.2) is 12.2 Å². The molecular weight excluding hydrogens is 284 g/mol. The molecule has 5 nitrogen and oxygen atoms in total. The SMILES string of the molecule is CC1(C)OCC2(CC[C@@H](O)[C@]34COC(=O)[C@H]3CC=C[C@@H]24)CO1. The molecule has 1 N–H and O–H groups in total. The summed E-state index contributed by atoms with van der Waals surface area (Å²) in [4.78, 5) is 12.1. The highest BCUT2D eigenvalue weighted by atomic mass is 16.7. The summed E-state index contributed by atoms with van der Waals surface area (Å²) in [7, 11) is 0. The van der Waals surface area contributed by atoms with Crippen LogP contribution in [0.4, 0.5) is 0 Å². The van der Waals surface area contributed by atoms with E-state index < -0.39 is 17.3 Å². The lowest BCUT2D eigenvalue weighted by Gasteiger charge is -2.58. The summed E-state index contributed by atoms with van der Waals surface area (Å²) in [5.41, 5.74) is -0.670. The van der Waals surface area contributed by atoms with E-state index >= 15 is 0 Å². The summed E-state index contributed by atoms with van der Waals surface area (Å²) in [5, 5.41) is 10.8. The van der Waals surface area contributed by atoms with Crippen molar-refractivity contribution in [3.8, 4) is 0 Å². The summed E-state index contributed by atoms with van der Waals surface area (Å²) in [5.74, 6) is -0.896. The van der Waals surface area contributed by atoms with Crippen molar-refractivity contribution in [3.05, 3.63) is 12.2 Å². The Morgan fingerprint density at radius 1 is 1.23 bits per heavy atom. The molecular formula is C17H24O5. The van der Waals surface area contributed by atoms with Gasteiger partial charge in [0, 0.05) is 5.41 Å². The molecule has 1 saturated carbocycles. The third kappa shape index (κ3) is 1.79. The highest BCUT2D eigenvalue weighted by Gasteiger charge is 2.66. The first-order valence-corrected chi connectivity index (χ1v) is 8.19. The molecule has 0 aromatic rings. The Kier molecular flexibility index (Phi) is 3.04. The topological polar surface area (TPSA) is 65.0 Å². The summed E-state index contributed by atoms with van der Waals surface area (Å²) in [6.07, 6.45) is 5.92. The van der Waals surface area contributed by atoms with E-state index in [1.165, 1.54) is 0 Å². The molecule has 5 heteroatoms. The normalized spacial score (nSPS) is 45.2. The van der Waals surface area contributed by atoms with Gasteiger partial charge in [-0.1, -0.05) is 12.2 Å². The number of esters is 1. The van der Waals surface area contributed by atoms with Crippen LogP contribution in [0.3, 0.4) is 0 Å². The number of hydrogen-bond acceptors (Lipinski definition) is 5. The largest absolute Gasteiger partial charge is 0.465 e. The van der Waals surface area contributed by atoms with Gasteiger partial charge >= 0.3 is 5.97 Å². The van der Waals surface area contributed by atoms with Crippen molar-refractivity contribution in [1.29, 1.82) is 0 Å². The zero-order valence-electron chi connectivity index (χ0n) is 13.2. The highest BCUT2D eigenvalue weighted by Crippen LogP contribution is 2.61. The Balaban J connectivity index is 1.74. The molecule has 2 aliphatic heterocycles. The number of aliphatic hydroxyl groups excluding tert-OH is 1. The molecule has 0 unspecified atom stereocenters. The Labute approximate surface area is 130 Å². The van der Waals surface area contributed by atoms with E-state index in [1.54, 1.807) is 0 Å². The van der Waals surface area contributed by atoms with Crippen LogP contribution in [0, 0.1) is 22.7 Å². The molecule has 4 atom stereocenters. The first-order valence-electron chi connectivity index (χ1n) is 8.19. The number of ether oxygens (including phenoxy) is 3. The molecule has 2 saturated heterocycles. The molecule has 0 aromatic heterocycles. The molecule has 2 heterocycles. The van der Waals surface area contributed by atoms with Crippen molar-refractivity contribution in [2.24, 2.45) is 22.7 Å². The molecule has 2 spiro atoms. The van der Waals surface area contributed by atoms with Crippen molar-refractivity contribution >= 4 is 5.97 Å². The highest BCUT2D eigenvalue weighted by molar-refractivity contribution is 5.76. The fourth-order valence-corrected chi connectivity index (χ4v) is 4.97. The second-order valence-electron chi connectivity index (χ2n) is 7.81. The lowest BCUT2D eigenvalue weighted by atomic mass is 9.48. The van der Waals surface area contributed by atoms with Gasteiger partial charge in [-0.2, -0.15) is 0 Å². The second kappa shape index (κ2) is 4.56. The van der Waals surface area contributed by atoms with E-state index in [-0.39, 0.29) is 23.2 Å². The van der Waals surface area contributed by atoms with Gasteiger partial charge in [-0.3, -0.25) is 4.79 Å². The minimum absolute atomic E-state index is 0.0602. The lowest BCUT2D eigenvalue weighted by molar-refractivity contribution is -0.310. The maximum absolute atomic E-state index is 12.1. The standard InChI is InChI=1S/C17H24O5/c1-15(2)21-8-16(9-22-15)7-6-13(18)17-10-20-14(19)11(17)4-3-5-12(16)17/h3,5,11-13,18H,4,6-10H2,1-2H3/t11-,12+,13-,17-/m1/s1. The Bertz CT molecular complexity index is 515. The Hall–Kier alpha value is -0.910. The van der Waals surface area contributed by atoms with Crippen molar-refractivity contribution in [3.63, 3.8) is 0 Å². The van der Waals surface area contributed by atoms with Crippen LogP contribution in [0.1, 0.15) is 33.1 Å². The van der Waals surface area contributed by atoms with Crippen LogP contribution >= 0.6 is 0 Å². The monoisotopic (exact) mass is 308 g/mol. The molecule has 0 amide bonds. The Morgan fingerprint density at radius 2 is 1.95 bits per heavy atom. The van der Waals surface area contributed by atoms with Crippen molar-refractivity contribution in [2.75, 3.05) is 19.8 Å². The van der Waals surface area contributed by atoms with Gasteiger partial charge in [-0.15, -0.1) is 0 Å². The minimum atomic E-state index is -0.561. The van der Waals surface area contributed by atoms with Crippen molar-refractivity contribution in [2.45, 2.75) is 45.0 Å². The van der Waals surface area contributed by atoms with Gasteiger partial charge in [0.25, 0.3) is 0 Å². The van der Waals surface area contributed by atoms with Crippen LogP contribution in [0.25, 0.3) is 0 Å². The van der Waals surface area contributed by atoms with Crippen molar-refractivity contribution < 1.29 is 24.1 Å². The molecule has 4 rings (SSSR count). The van der Waals surface area contributed by atoms with Crippen LogP contribution in [-0.4, -0.2) is 42.8 Å². The predicted octanol–water partition coefficient (Wildman–Crippen LogP) is 1.65. The number of rotatable bonds is 0. The molecule has 2 aliphatic carbocycles. The maximum Gasteiger partial charge on any atom is 0.310 e. The summed E-state index contributed by atoms with van der Waals surface area (Å²) < 4.78 is 17.3. The van der Waals surface area contributed by atoms with Crippen LogP contribution in [0.2, 0.25) is 0 Å². The first kappa shape index (κ1) is 14.7. The summed E-state index contributed by atoms with van der Waals surface area (Å²) in [6, 6.07) is 0. The van der Waals surface area contributed by atoms with E-state index in [2.05, 4.69) is 12.2 Å². The first-order chi connectivity index (χ1) is 10.4. The van der Waals surface area contributed by atoms with Crippen molar-refractivity contribution in [1.82, 2.24) is 0 Å². The number of carbonyl (C=O) groups is 1.